The minimum atomic E-state index is -0.215. The second kappa shape index (κ2) is 5.67. The van der Waals surface area contributed by atoms with Crippen LogP contribution in [0.15, 0.2) is 42.5 Å². The third-order valence-corrected chi connectivity index (χ3v) is 7.09. The smallest absolute Gasteiger partial charge is 0.123 e. The van der Waals surface area contributed by atoms with Crippen LogP contribution < -0.4 is 0 Å². The predicted octanol–water partition coefficient (Wildman–Crippen LogP) is 5.49. The van der Waals surface area contributed by atoms with Crippen molar-refractivity contribution in [3.05, 3.63) is 59.4 Å². The Kier molecular flexibility index (Phi) is 3.81. The van der Waals surface area contributed by atoms with E-state index in [0.717, 1.165) is 31.2 Å². The molecule has 4 rings (SSSR count). The number of hydrogen-bond donors (Lipinski definition) is 1. The van der Waals surface area contributed by atoms with E-state index in [-0.39, 0.29) is 22.8 Å². The van der Waals surface area contributed by atoms with E-state index in [2.05, 4.69) is 39.0 Å². The van der Waals surface area contributed by atoms with Gasteiger partial charge < -0.3 is 5.11 Å². The van der Waals surface area contributed by atoms with Crippen molar-refractivity contribution in [2.24, 2.45) is 11.3 Å². The van der Waals surface area contributed by atoms with Crippen LogP contribution in [0.1, 0.15) is 51.2 Å². The maximum Gasteiger partial charge on any atom is 0.123 e. The quantitative estimate of drug-likeness (QED) is 0.728. The van der Waals surface area contributed by atoms with Crippen molar-refractivity contribution in [2.75, 3.05) is 0 Å². The molecule has 132 valence electrons. The predicted molar refractivity (Wildman–Crippen MR) is 100 cm³/mol. The molecule has 0 aliphatic heterocycles. The van der Waals surface area contributed by atoms with Gasteiger partial charge in [-0.1, -0.05) is 51.1 Å². The third-order valence-electron chi connectivity index (χ3n) is 7.09. The van der Waals surface area contributed by atoms with E-state index in [0.29, 0.717) is 5.92 Å². The molecule has 2 aromatic carbocycles. The molecular formula is C23H27FO. The van der Waals surface area contributed by atoms with Crippen molar-refractivity contribution in [1.29, 1.82) is 0 Å². The van der Waals surface area contributed by atoms with Crippen LogP contribution in [0, 0.1) is 17.2 Å². The summed E-state index contributed by atoms with van der Waals surface area (Å²) in [6, 6.07) is 13.4. The van der Waals surface area contributed by atoms with Gasteiger partial charge in [0.25, 0.3) is 0 Å². The molecule has 3 atom stereocenters. The maximum atomic E-state index is 13.3. The lowest BCUT2D eigenvalue weighted by molar-refractivity contribution is -0.0730. The van der Waals surface area contributed by atoms with Gasteiger partial charge in [0.05, 0.1) is 6.10 Å². The first-order valence-electron chi connectivity index (χ1n) is 9.40. The first-order chi connectivity index (χ1) is 11.8. The molecule has 0 amide bonds. The van der Waals surface area contributed by atoms with Gasteiger partial charge in [-0.2, -0.15) is 0 Å². The molecule has 0 aromatic heterocycles. The van der Waals surface area contributed by atoms with E-state index >= 15 is 0 Å². The Bertz CT molecular complexity index is 792. The molecule has 2 aliphatic carbocycles. The van der Waals surface area contributed by atoms with Crippen LogP contribution in [0.5, 0.6) is 0 Å². The fourth-order valence-electron chi connectivity index (χ4n) is 5.63. The molecule has 1 nitrogen and oxygen atoms in total. The average Bonchev–Trinajstić information content (AvgIpc) is 2.59. The molecule has 0 spiro atoms. The molecule has 0 saturated heterocycles. The lowest BCUT2D eigenvalue weighted by atomic mass is 9.49. The lowest BCUT2D eigenvalue weighted by Crippen LogP contribution is -2.53. The van der Waals surface area contributed by atoms with Crippen LogP contribution in [0.3, 0.4) is 0 Å². The van der Waals surface area contributed by atoms with Gasteiger partial charge >= 0.3 is 0 Å². The van der Waals surface area contributed by atoms with Crippen LogP contribution in [0.4, 0.5) is 4.39 Å². The van der Waals surface area contributed by atoms with E-state index in [1.165, 1.54) is 16.7 Å². The van der Waals surface area contributed by atoms with Gasteiger partial charge in [-0.25, -0.2) is 4.39 Å². The molecule has 0 bridgehead atoms. The molecule has 2 heteroatoms. The van der Waals surface area contributed by atoms with Crippen molar-refractivity contribution >= 4 is 0 Å². The van der Waals surface area contributed by atoms with Crippen LogP contribution in [0.2, 0.25) is 0 Å². The zero-order valence-electron chi connectivity index (χ0n) is 15.3. The summed E-state index contributed by atoms with van der Waals surface area (Å²) in [5.74, 6) is 0.295. The first kappa shape index (κ1) is 16.8. The number of aliphatic hydroxyl groups excluding tert-OH is 1. The number of rotatable bonds is 1. The molecule has 25 heavy (non-hydrogen) atoms. The minimum Gasteiger partial charge on any atom is -0.393 e. The topological polar surface area (TPSA) is 20.2 Å². The molecule has 2 aliphatic rings. The van der Waals surface area contributed by atoms with Gasteiger partial charge in [-0.3, -0.25) is 0 Å². The van der Waals surface area contributed by atoms with Crippen LogP contribution in [-0.2, 0) is 11.8 Å². The largest absolute Gasteiger partial charge is 0.393 e. The van der Waals surface area contributed by atoms with Crippen LogP contribution in [-0.4, -0.2) is 11.2 Å². The summed E-state index contributed by atoms with van der Waals surface area (Å²) in [7, 11) is 0. The van der Waals surface area contributed by atoms with Gasteiger partial charge in [0.2, 0.25) is 0 Å². The van der Waals surface area contributed by atoms with Crippen LogP contribution >= 0.6 is 0 Å². The summed E-state index contributed by atoms with van der Waals surface area (Å²) in [4.78, 5) is 0. The Labute approximate surface area is 149 Å². The van der Waals surface area contributed by atoms with Gasteiger partial charge in [-0.15, -0.1) is 0 Å². The standard InChI is InChI=1S/C23H27FO/c1-22(2)20-12-11-18-17(15-7-9-16(24)10-8-15)5-4-6-19(18)23(20,3)14-13-21(22)25/h4-10,20-21,25H,11-14H2,1-3H3/t20-,21-,23+/m0/s1. The highest BCUT2D eigenvalue weighted by atomic mass is 19.1. The molecule has 0 unspecified atom stereocenters. The summed E-state index contributed by atoms with van der Waals surface area (Å²) in [6.45, 7) is 6.85. The monoisotopic (exact) mass is 338 g/mol. The highest BCUT2D eigenvalue weighted by Crippen LogP contribution is 2.57. The Morgan fingerprint density at radius 3 is 2.44 bits per heavy atom. The van der Waals surface area contributed by atoms with Gasteiger partial charge in [0, 0.05) is 0 Å². The SMILES string of the molecule is CC1(C)[C@@H](O)CC[C@]2(C)c3cccc(-c4ccc(F)cc4)c3CC[C@@H]12. The average molecular weight is 338 g/mol. The van der Waals surface area contributed by atoms with Crippen LogP contribution in [0.25, 0.3) is 11.1 Å². The fraction of sp³-hybridized carbons (Fsp3) is 0.478. The molecule has 1 fully saturated rings. The van der Waals surface area contributed by atoms with Crippen molar-refractivity contribution in [2.45, 2.75) is 58.0 Å². The van der Waals surface area contributed by atoms with Crippen molar-refractivity contribution in [3.63, 3.8) is 0 Å². The van der Waals surface area contributed by atoms with E-state index in [4.69, 9.17) is 0 Å². The fourth-order valence-corrected chi connectivity index (χ4v) is 5.63. The number of fused-ring (bicyclic) bond motifs is 3. The summed E-state index contributed by atoms with van der Waals surface area (Å²) in [6.07, 6.45) is 3.81. The Morgan fingerprint density at radius 1 is 1.00 bits per heavy atom. The second-order valence-electron chi connectivity index (χ2n) is 8.72. The summed E-state index contributed by atoms with van der Waals surface area (Å²) in [5, 5.41) is 10.6. The second-order valence-corrected chi connectivity index (χ2v) is 8.72. The number of hydrogen-bond acceptors (Lipinski definition) is 1. The Hall–Kier alpha value is -1.67. The molecule has 0 heterocycles. The molecular weight excluding hydrogens is 311 g/mol. The van der Waals surface area contributed by atoms with Crippen molar-refractivity contribution < 1.29 is 9.50 Å². The van der Waals surface area contributed by atoms with Gasteiger partial charge in [0.15, 0.2) is 0 Å². The van der Waals surface area contributed by atoms with Gasteiger partial charge in [0.1, 0.15) is 5.82 Å². The molecule has 1 N–H and O–H groups in total. The van der Waals surface area contributed by atoms with Crippen molar-refractivity contribution in [1.82, 2.24) is 0 Å². The Balaban J connectivity index is 1.84. The first-order valence-corrected chi connectivity index (χ1v) is 9.40. The van der Waals surface area contributed by atoms with E-state index in [1.54, 1.807) is 12.1 Å². The summed E-state index contributed by atoms with van der Waals surface area (Å²) in [5.41, 5.74) is 5.23. The lowest BCUT2D eigenvalue weighted by Gasteiger charge is -2.56. The summed E-state index contributed by atoms with van der Waals surface area (Å²) < 4.78 is 13.3. The molecule has 2 aromatic rings. The molecule has 1 saturated carbocycles. The zero-order valence-corrected chi connectivity index (χ0v) is 15.3. The molecule has 0 radical (unpaired) electrons. The van der Waals surface area contributed by atoms with Gasteiger partial charge in [-0.05, 0) is 76.8 Å². The van der Waals surface area contributed by atoms with Crippen molar-refractivity contribution in [3.8, 4) is 11.1 Å². The highest BCUT2D eigenvalue weighted by molar-refractivity contribution is 5.70. The number of halogens is 1. The summed E-state index contributed by atoms with van der Waals surface area (Å²) >= 11 is 0. The minimum absolute atomic E-state index is 0.0590. The van der Waals surface area contributed by atoms with E-state index in [9.17, 15) is 9.50 Å². The maximum absolute atomic E-state index is 13.3. The highest BCUT2D eigenvalue weighted by Gasteiger charge is 2.53. The van der Waals surface area contributed by atoms with E-state index < -0.39 is 0 Å². The van der Waals surface area contributed by atoms with E-state index in [1.807, 2.05) is 12.1 Å². The number of benzene rings is 2. The Morgan fingerprint density at radius 2 is 1.72 bits per heavy atom. The third kappa shape index (κ3) is 2.45. The number of aliphatic hydroxyl groups is 1. The normalized spacial score (nSPS) is 30.4. The zero-order chi connectivity index (χ0) is 17.8.